The van der Waals surface area contributed by atoms with E-state index in [1.165, 1.54) is 0 Å². The van der Waals surface area contributed by atoms with Crippen LogP contribution in [0.25, 0.3) is 11.3 Å². The molecule has 0 spiro atoms. The first kappa shape index (κ1) is 32.9. The molecule has 42 heavy (non-hydrogen) atoms. The molecule has 0 aliphatic heterocycles. The van der Waals surface area contributed by atoms with Gasteiger partial charge in [0.1, 0.15) is 11.6 Å². The Balaban J connectivity index is 1.73. The van der Waals surface area contributed by atoms with E-state index in [1.807, 2.05) is 37.4 Å². The van der Waals surface area contributed by atoms with E-state index >= 15 is 0 Å². The van der Waals surface area contributed by atoms with Crippen LogP contribution in [0.2, 0.25) is 5.02 Å². The van der Waals surface area contributed by atoms with Crippen LogP contribution in [0.5, 0.6) is 5.75 Å². The number of aliphatic hydroxyl groups is 1. The summed E-state index contributed by atoms with van der Waals surface area (Å²) in [4.78, 5) is 30.0. The summed E-state index contributed by atoms with van der Waals surface area (Å²) in [6.07, 6.45) is 4.62. The molecule has 0 unspecified atom stereocenters. The average molecular weight is 598 g/mol. The van der Waals surface area contributed by atoms with E-state index in [-0.39, 0.29) is 30.6 Å². The number of aliphatic hydroxyl groups excluding tert-OH is 1. The molecular formula is C32H44ClN5O4. The van der Waals surface area contributed by atoms with E-state index in [0.717, 1.165) is 42.0 Å². The van der Waals surface area contributed by atoms with Gasteiger partial charge in [0.25, 0.3) is 5.91 Å². The molecule has 228 valence electrons. The largest absolute Gasteiger partial charge is 0.492 e. The smallest absolute Gasteiger partial charge is 0.315 e. The number of hydrogen-bond acceptors (Lipinski definition) is 5. The third-order valence-corrected chi connectivity index (χ3v) is 7.19. The lowest BCUT2D eigenvalue weighted by Crippen LogP contribution is -2.37. The Labute approximate surface area is 254 Å². The monoisotopic (exact) mass is 597 g/mol. The molecule has 3 rings (SSSR count). The molecule has 3 aromatic rings. The summed E-state index contributed by atoms with van der Waals surface area (Å²) < 4.78 is 7.68. The van der Waals surface area contributed by atoms with Gasteiger partial charge in [-0.05, 0) is 62.3 Å². The van der Waals surface area contributed by atoms with Gasteiger partial charge in [-0.15, -0.1) is 0 Å². The summed E-state index contributed by atoms with van der Waals surface area (Å²) in [6.45, 7) is 9.55. The van der Waals surface area contributed by atoms with Crippen LogP contribution in [-0.4, -0.2) is 52.9 Å². The molecule has 9 nitrogen and oxygen atoms in total. The van der Waals surface area contributed by atoms with Crippen molar-refractivity contribution in [1.82, 2.24) is 25.5 Å². The molecule has 0 bridgehead atoms. The number of nitrogens with zero attached hydrogens (tertiary/aromatic N) is 2. The fourth-order valence-corrected chi connectivity index (χ4v) is 4.98. The van der Waals surface area contributed by atoms with Crippen LogP contribution >= 0.6 is 11.6 Å². The molecular weight excluding hydrogens is 554 g/mol. The van der Waals surface area contributed by atoms with Gasteiger partial charge in [0, 0.05) is 43.6 Å². The van der Waals surface area contributed by atoms with E-state index in [4.69, 9.17) is 21.3 Å². The number of carbonyl (C=O) groups is 2. The average Bonchev–Trinajstić information content (AvgIpc) is 3.41. The Bertz CT molecular complexity index is 1310. The van der Waals surface area contributed by atoms with Crippen molar-refractivity contribution in [1.29, 1.82) is 0 Å². The number of aryl methyl sites for hydroxylation is 1. The van der Waals surface area contributed by atoms with Crippen molar-refractivity contribution < 1.29 is 19.4 Å². The van der Waals surface area contributed by atoms with Crippen molar-refractivity contribution in [3.8, 4) is 17.0 Å². The molecule has 3 amide bonds. The Hall–Kier alpha value is -3.56. The predicted octanol–water partition coefficient (Wildman–Crippen LogP) is 5.75. The van der Waals surface area contributed by atoms with Crippen molar-refractivity contribution >= 4 is 23.5 Å². The van der Waals surface area contributed by atoms with E-state index in [0.29, 0.717) is 41.7 Å². The van der Waals surface area contributed by atoms with Gasteiger partial charge in [-0.2, -0.15) is 0 Å². The van der Waals surface area contributed by atoms with Gasteiger partial charge >= 0.3 is 6.03 Å². The van der Waals surface area contributed by atoms with Gasteiger partial charge in [0.05, 0.1) is 23.4 Å². The van der Waals surface area contributed by atoms with Gasteiger partial charge in [0.2, 0.25) is 0 Å². The maximum absolute atomic E-state index is 13.0. The zero-order chi connectivity index (χ0) is 30.6. The number of halogens is 1. The van der Waals surface area contributed by atoms with Crippen LogP contribution in [0.3, 0.4) is 0 Å². The van der Waals surface area contributed by atoms with E-state index in [1.54, 1.807) is 25.2 Å². The highest BCUT2D eigenvalue weighted by molar-refractivity contribution is 6.32. The summed E-state index contributed by atoms with van der Waals surface area (Å²) in [6, 6.07) is 12.3. The number of amides is 3. The fourth-order valence-electron chi connectivity index (χ4n) is 4.75. The molecule has 10 heteroatoms. The summed E-state index contributed by atoms with van der Waals surface area (Å²) in [5.74, 6) is 1.49. The number of ether oxygens (including phenoxy) is 1. The highest BCUT2D eigenvalue weighted by Crippen LogP contribution is 2.27. The van der Waals surface area contributed by atoms with Crippen molar-refractivity contribution in [3.05, 3.63) is 70.6 Å². The number of aromatic nitrogens is 2. The topological polar surface area (TPSA) is 118 Å². The number of nitrogens with one attached hydrogen (secondary N) is 3. The molecule has 0 saturated heterocycles. The first-order valence-corrected chi connectivity index (χ1v) is 15.0. The molecule has 4 N–H and O–H groups in total. The summed E-state index contributed by atoms with van der Waals surface area (Å²) in [5, 5.41) is 18.7. The molecule has 0 saturated carbocycles. The number of carbonyl (C=O) groups excluding carboxylic acids is 2. The normalized spacial score (nSPS) is 12.6. The second kappa shape index (κ2) is 16.2. The Kier molecular flexibility index (Phi) is 12.7. The summed E-state index contributed by atoms with van der Waals surface area (Å²) in [7, 11) is 1.61. The first-order chi connectivity index (χ1) is 20.2. The highest BCUT2D eigenvalue weighted by Gasteiger charge is 2.22. The molecule has 2 aromatic carbocycles. The summed E-state index contributed by atoms with van der Waals surface area (Å²) >= 11 is 6.32. The van der Waals surface area contributed by atoms with E-state index in [9.17, 15) is 14.7 Å². The third kappa shape index (κ3) is 9.22. The molecule has 0 fully saturated rings. The third-order valence-electron chi connectivity index (χ3n) is 6.90. The van der Waals surface area contributed by atoms with Crippen LogP contribution in [0.4, 0.5) is 4.79 Å². The number of imidazole rings is 1. The molecule has 2 atom stereocenters. The molecule has 0 aliphatic rings. The number of urea groups is 1. The van der Waals surface area contributed by atoms with Crippen LogP contribution in [0, 0.1) is 5.92 Å². The number of rotatable bonds is 15. The van der Waals surface area contributed by atoms with Crippen molar-refractivity contribution in [3.63, 3.8) is 0 Å². The maximum Gasteiger partial charge on any atom is 0.315 e. The highest BCUT2D eigenvalue weighted by atomic mass is 35.5. The maximum atomic E-state index is 13.0. The van der Waals surface area contributed by atoms with E-state index in [2.05, 4.69) is 41.3 Å². The van der Waals surface area contributed by atoms with Crippen molar-refractivity contribution in [2.75, 3.05) is 20.3 Å². The lowest BCUT2D eigenvalue weighted by atomic mass is 10.0. The predicted molar refractivity (Wildman–Crippen MR) is 167 cm³/mol. The summed E-state index contributed by atoms with van der Waals surface area (Å²) in [5.41, 5.74) is 3.24. The Morgan fingerprint density at radius 2 is 1.83 bits per heavy atom. The zero-order valence-corrected chi connectivity index (χ0v) is 26.0. The molecule has 1 heterocycles. The second-order valence-corrected chi connectivity index (χ2v) is 11.2. The Morgan fingerprint density at radius 3 is 2.43 bits per heavy atom. The minimum absolute atomic E-state index is 0.0492. The standard InChI is InChI=1S/C32H44ClN5O4/c1-6-16-42-29-13-12-24(19-26(29)33)31(40)35-25(14-15-39)18-22-8-10-23(11-9-22)28-20-38(7-2)30(36-28)27(17-21(3)4)37-32(41)34-5/h8-13,19-21,25,27,39H,6-7,14-18H2,1-5H3,(H,35,40)(H2,34,37,41)/t25-,27-/m1/s1. The minimum Gasteiger partial charge on any atom is -0.492 e. The Morgan fingerprint density at radius 1 is 1.10 bits per heavy atom. The molecule has 0 aliphatic carbocycles. The van der Waals surface area contributed by atoms with Crippen LogP contribution in [-0.2, 0) is 13.0 Å². The van der Waals surface area contributed by atoms with Gasteiger partial charge in [-0.3, -0.25) is 4.79 Å². The minimum atomic E-state index is -0.262. The van der Waals surface area contributed by atoms with Crippen molar-refractivity contribution in [2.45, 2.75) is 72.0 Å². The van der Waals surface area contributed by atoms with Gasteiger partial charge < -0.3 is 30.4 Å². The quantitative estimate of drug-likeness (QED) is 0.178. The molecule has 0 radical (unpaired) electrons. The second-order valence-electron chi connectivity index (χ2n) is 10.8. The molecule has 1 aromatic heterocycles. The number of benzene rings is 2. The van der Waals surface area contributed by atoms with Crippen molar-refractivity contribution in [2.24, 2.45) is 5.92 Å². The van der Waals surface area contributed by atoms with Gasteiger partial charge in [-0.25, -0.2) is 9.78 Å². The van der Waals surface area contributed by atoms with E-state index < -0.39 is 0 Å². The van der Waals surface area contributed by atoms with Gasteiger partial charge in [-0.1, -0.05) is 56.6 Å². The SMILES string of the molecule is CCCOc1ccc(C(=O)N[C@H](CCO)Cc2ccc(-c3cn(CC)c([C@@H](CC(C)C)NC(=O)NC)n3)cc2)cc1Cl. The van der Waals surface area contributed by atoms with Gasteiger partial charge in [0.15, 0.2) is 0 Å². The number of hydrogen-bond donors (Lipinski definition) is 4. The lowest BCUT2D eigenvalue weighted by molar-refractivity contribution is 0.0930. The van der Waals surface area contributed by atoms with Crippen LogP contribution in [0.15, 0.2) is 48.7 Å². The van der Waals surface area contributed by atoms with Crippen LogP contribution in [0.1, 0.15) is 74.7 Å². The zero-order valence-electron chi connectivity index (χ0n) is 25.2. The first-order valence-electron chi connectivity index (χ1n) is 14.7. The fraction of sp³-hybridized carbons (Fsp3) is 0.469. The lowest BCUT2D eigenvalue weighted by Gasteiger charge is -2.20. The van der Waals surface area contributed by atoms with Crippen LogP contribution < -0.4 is 20.7 Å².